The Morgan fingerprint density at radius 2 is 2.04 bits per heavy atom. The molecule has 3 N–H and O–H groups in total. The summed E-state index contributed by atoms with van der Waals surface area (Å²) in [5, 5.41) is 11.6. The molecule has 0 aliphatic rings. The maximum atomic E-state index is 11.8. The first-order valence-electron chi connectivity index (χ1n) is 6.98. The number of aromatic nitrogens is 3. The molecule has 8 heteroatoms. The van der Waals surface area contributed by atoms with E-state index in [-0.39, 0.29) is 0 Å². The Balaban J connectivity index is 2.04. The van der Waals surface area contributed by atoms with Crippen molar-refractivity contribution in [3.8, 4) is 0 Å². The zero-order valence-corrected chi connectivity index (χ0v) is 13.4. The van der Waals surface area contributed by atoms with Crippen LogP contribution >= 0.6 is 11.8 Å². The number of carbonyl (C=O) groups excluding carboxylic acids is 2. The number of imide groups is 1. The van der Waals surface area contributed by atoms with Gasteiger partial charge in [0.1, 0.15) is 0 Å². The van der Waals surface area contributed by atoms with Crippen molar-refractivity contribution in [3.63, 3.8) is 0 Å². The van der Waals surface area contributed by atoms with E-state index in [2.05, 4.69) is 15.5 Å². The van der Waals surface area contributed by atoms with Crippen LogP contribution in [0.2, 0.25) is 0 Å². The molecule has 23 heavy (non-hydrogen) atoms. The Morgan fingerprint density at radius 1 is 1.30 bits per heavy atom. The molecule has 1 aromatic carbocycles. The molecule has 3 rings (SSSR count). The quantitative estimate of drug-likeness (QED) is 0.714. The molecule has 3 amide bonds. The largest absolute Gasteiger partial charge is 0.351 e. The summed E-state index contributed by atoms with van der Waals surface area (Å²) in [5.41, 5.74) is 7.76. The minimum Gasteiger partial charge on any atom is -0.351 e. The van der Waals surface area contributed by atoms with Gasteiger partial charge in [0.25, 0.3) is 0 Å². The Hall–Kier alpha value is -2.61. The minimum atomic E-state index is -0.866. The van der Waals surface area contributed by atoms with E-state index in [4.69, 9.17) is 5.73 Å². The van der Waals surface area contributed by atoms with Crippen molar-refractivity contribution >= 4 is 40.3 Å². The fourth-order valence-corrected chi connectivity index (χ4v) is 3.25. The van der Waals surface area contributed by atoms with Crippen molar-refractivity contribution in [2.75, 3.05) is 0 Å². The number of carbonyl (C=O) groups is 2. The maximum Gasteiger partial charge on any atom is 0.318 e. The van der Waals surface area contributed by atoms with Crippen LogP contribution in [0.5, 0.6) is 0 Å². The fraction of sp³-hybridized carbons (Fsp3) is 0.200. The number of thioether (sulfide) groups is 1. The number of hydrogen-bond acceptors (Lipinski definition) is 5. The number of benzene rings is 1. The Kier molecular flexibility index (Phi) is 3.91. The van der Waals surface area contributed by atoms with Crippen molar-refractivity contribution in [3.05, 3.63) is 35.9 Å². The monoisotopic (exact) mass is 329 g/mol. The highest BCUT2D eigenvalue weighted by Gasteiger charge is 2.20. The first-order chi connectivity index (χ1) is 11.0. The molecular weight excluding hydrogens is 314 g/mol. The van der Waals surface area contributed by atoms with Gasteiger partial charge in [-0.05, 0) is 31.5 Å². The number of amides is 3. The summed E-state index contributed by atoms with van der Waals surface area (Å²) in [6.07, 6.45) is 0. The van der Waals surface area contributed by atoms with Crippen molar-refractivity contribution < 1.29 is 9.59 Å². The summed E-state index contributed by atoms with van der Waals surface area (Å²) in [6.45, 7) is 3.70. The highest BCUT2D eigenvalue weighted by atomic mass is 32.2. The second-order valence-corrected chi connectivity index (χ2v) is 6.44. The summed E-state index contributed by atoms with van der Waals surface area (Å²) in [5.74, 6) is -0.462. The molecule has 0 saturated heterocycles. The standard InChI is InChI=1S/C15H15N5O2S/c1-8-7-12-18-19-15(23-9(2)13(21)17-14(16)22)20(12)11-6-4-3-5-10(8)11/h3-7,9H,1-2H3,(H3,16,17,21,22)/t9-/m0/s1. The molecule has 0 saturated carbocycles. The average molecular weight is 329 g/mol. The van der Waals surface area contributed by atoms with Crippen LogP contribution in [0.3, 0.4) is 0 Å². The molecule has 2 aromatic heterocycles. The van der Waals surface area contributed by atoms with Crippen molar-refractivity contribution in [1.82, 2.24) is 19.9 Å². The van der Waals surface area contributed by atoms with E-state index in [1.807, 2.05) is 41.7 Å². The zero-order chi connectivity index (χ0) is 16.6. The van der Waals surface area contributed by atoms with E-state index in [0.717, 1.165) is 16.5 Å². The minimum absolute atomic E-state index is 0.462. The predicted octanol–water partition coefficient (Wildman–Crippen LogP) is 1.87. The van der Waals surface area contributed by atoms with Crippen LogP contribution in [0, 0.1) is 6.92 Å². The number of hydrogen-bond donors (Lipinski definition) is 2. The van der Waals surface area contributed by atoms with E-state index in [0.29, 0.717) is 10.8 Å². The molecular formula is C15H15N5O2S. The molecule has 1 atom stereocenters. The van der Waals surface area contributed by atoms with Crippen molar-refractivity contribution in [2.24, 2.45) is 5.73 Å². The maximum absolute atomic E-state index is 11.8. The molecule has 0 radical (unpaired) electrons. The third-order valence-electron chi connectivity index (χ3n) is 3.47. The smallest absolute Gasteiger partial charge is 0.318 e. The van der Waals surface area contributed by atoms with E-state index in [1.165, 1.54) is 11.8 Å². The van der Waals surface area contributed by atoms with E-state index in [9.17, 15) is 9.59 Å². The zero-order valence-electron chi connectivity index (χ0n) is 12.6. The normalized spacial score (nSPS) is 12.4. The predicted molar refractivity (Wildman–Crippen MR) is 88.3 cm³/mol. The third-order valence-corrected chi connectivity index (χ3v) is 4.51. The number of aryl methyl sites for hydroxylation is 1. The van der Waals surface area contributed by atoms with Gasteiger partial charge >= 0.3 is 6.03 Å². The molecule has 0 spiro atoms. The topological polar surface area (TPSA) is 102 Å². The van der Waals surface area contributed by atoms with Crippen LogP contribution in [-0.2, 0) is 4.79 Å². The number of nitrogens with zero attached hydrogens (tertiary/aromatic N) is 3. The SMILES string of the molecule is Cc1cc2nnc(S[C@@H](C)C(=O)NC(N)=O)n2c2ccccc12. The summed E-state index contributed by atoms with van der Waals surface area (Å²) in [6, 6.07) is 9.02. The molecule has 0 aliphatic carbocycles. The van der Waals surface area contributed by atoms with Crippen LogP contribution in [0.1, 0.15) is 12.5 Å². The number of pyridine rings is 1. The van der Waals surface area contributed by atoms with Gasteiger partial charge in [-0.2, -0.15) is 0 Å². The van der Waals surface area contributed by atoms with Crippen LogP contribution in [0.25, 0.3) is 16.6 Å². The van der Waals surface area contributed by atoms with Crippen molar-refractivity contribution in [2.45, 2.75) is 24.3 Å². The van der Waals surface area contributed by atoms with Crippen LogP contribution < -0.4 is 11.1 Å². The van der Waals surface area contributed by atoms with Crippen molar-refractivity contribution in [1.29, 1.82) is 0 Å². The summed E-state index contributed by atoms with van der Waals surface area (Å²) < 4.78 is 1.90. The number of nitrogens with two attached hydrogens (primary N) is 1. The number of fused-ring (bicyclic) bond motifs is 3. The lowest BCUT2D eigenvalue weighted by Crippen LogP contribution is -2.39. The van der Waals surface area contributed by atoms with Crippen LogP contribution in [-0.4, -0.2) is 31.8 Å². The van der Waals surface area contributed by atoms with Gasteiger partial charge in [-0.3, -0.25) is 14.5 Å². The van der Waals surface area contributed by atoms with Gasteiger partial charge in [-0.1, -0.05) is 30.0 Å². The Bertz CT molecular complexity index is 921. The molecule has 2 heterocycles. The lowest BCUT2D eigenvalue weighted by molar-refractivity contribution is -0.119. The second kappa shape index (κ2) is 5.88. The Labute approximate surface area is 136 Å². The van der Waals surface area contributed by atoms with Gasteiger partial charge in [0.05, 0.1) is 10.8 Å². The number of nitrogens with one attached hydrogen (secondary N) is 1. The van der Waals surface area contributed by atoms with Gasteiger partial charge in [-0.25, -0.2) is 4.79 Å². The Morgan fingerprint density at radius 3 is 2.78 bits per heavy atom. The molecule has 3 aromatic rings. The summed E-state index contributed by atoms with van der Waals surface area (Å²) >= 11 is 1.22. The second-order valence-electron chi connectivity index (χ2n) is 5.13. The molecule has 0 unspecified atom stereocenters. The molecule has 118 valence electrons. The number of para-hydroxylation sites is 1. The van der Waals surface area contributed by atoms with E-state index in [1.54, 1.807) is 6.92 Å². The fourth-order valence-electron chi connectivity index (χ4n) is 2.39. The highest BCUT2D eigenvalue weighted by molar-refractivity contribution is 8.00. The average Bonchev–Trinajstić information content (AvgIpc) is 2.89. The highest BCUT2D eigenvalue weighted by Crippen LogP contribution is 2.27. The molecule has 0 fully saturated rings. The molecule has 0 aliphatic heterocycles. The van der Waals surface area contributed by atoms with Gasteiger partial charge in [0.15, 0.2) is 10.8 Å². The third kappa shape index (κ3) is 2.85. The number of urea groups is 1. The molecule has 0 bridgehead atoms. The van der Waals surface area contributed by atoms with Gasteiger partial charge in [0.2, 0.25) is 5.91 Å². The van der Waals surface area contributed by atoms with Crippen LogP contribution in [0.4, 0.5) is 4.79 Å². The molecule has 7 nitrogen and oxygen atoms in total. The first kappa shape index (κ1) is 15.3. The number of primary amides is 1. The summed E-state index contributed by atoms with van der Waals surface area (Å²) in [7, 11) is 0. The summed E-state index contributed by atoms with van der Waals surface area (Å²) in [4.78, 5) is 22.6. The number of rotatable bonds is 3. The lowest BCUT2D eigenvalue weighted by atomic mass is 10.1. The van der Waals surface area contributed by atoms with E-state index < -0.39 is 17.2 Å². The van der Waals surface area contributed by atoms with Crippen LogP contribution in [0.15, 0.2) is 35.5 Å². The van der Waals surface area contributed by atoms with Gasteiger partial charge in [0, 0.05) is 5.39 Å². The van der Waals surface area contributed by atoms with Gasteiger partial charge in [-0.15, -0.1) is 10.2 Å². The lowest BCUT2D eigenvalue weighted by Gasteiger charge is -2.10. The first-order valence-corrected chi connectivity index (χ1v) is 7.86. The van der Waals surface area contributed by atoms with E-state index >= 15 is 0 Å². The van der Waals surface area contributed by atoms with Gasteiger partial charge < -0.3 is 5.73 Å².